The van der Waals surface area contributed by atoms with Gasteiger partial charge >= 0.3 is 5.76 Å². The van der Waals surface area contributed by atoms with Crippen molar-refractivity contribution in [2.24, 2.45) is 0 Å². The summed E-state index contributed by atoms with van der Waals surface area (Å²) in [4.78, 5) is 1.09. The Morgan fingerprint density at radius 1 is 1.05 bits per heavy atom. The molecule has 0 bridgehead atoms. The lowest BCUT2D eigenvalue weighted by Crippen LogP contribution is -2.10. The van der Waals surface area contributed by atoms with Gasteiger partial charge in [0.2, 0.25) is 9.84 Å². The fourth-order valence-corrected chi connectivity index (χ4v) is 3.16. The minimum atomic E-state index is -4.56. The van der Waals surface area contributed by atoms with Crippen LogP contribution in [0.2, 0.25) is 0 Å². The number of sulfone groups is 1. The lowest BCUT2D eigenvalue weighted by atomic mass is 10.2. The molecule has 0 aliphatic rings. The van der Waals surface area contributed by atoms with Gasteiger partial charge in [0, 0.05) is 9.79 Å². The summed E-state index contributed by atoms with van der Waals surface area (Å²) in [5, 5.41) is 8.81. The van der Waals surface area contributed by atoms with Crippen LogP contribution in [0.3, 0.4) is 0 Å². The molecule has 0 unspecified atom stereocenters. The molecule has 0 N–H and O–H groups in total. The Labute approximate surface area is 125 Å². The molecule has 2 rings (SSSR count). The van der Waals surface area contributed by atoms with Crippen molar-refractivity contribution in [3.8, 4) is 6.07 Å². The maximum atomic E-state index is 12.4. The molecule has 3 nitrogen and oxygen atoms in total. The third-order valence-corrected chi connectivity index (χ3v) is 4.98. The lowest BCUT2D eigenvalue weighted by molar-refractivity contribution is 0.234. The van der Waals surface area contributed by atoms with Gasteiger partial charge in [-0.25, -0.2) is 8.42 Å². The van der Waals surface area contributed by atoms with Crippen molar-refractivity contribution >= 4 is 21.6 Å². The van der Waals surface area contributed by atoms with Crippen molar-refractivity contribution < 1.29 is 17.2 Å². The summed E-state index contributed by atoms with van der Waals surface area (Å²) in [7, 11) is -4.56. The molecule has 2 aromatic carbocycles. The Balaban J connectivity index is 2.22. The number of rotatable bonds is 4. The van der Waals surface area contributed by atoms with E-state index >= 15 is 0 Å². The predicted molar refractivity (Wildman–Crippen MR) is 74.9 cm³/mol. The van der Waals surface area contributed by atoms with Crippen LogP contribution in [-0.2, 0) is 9.84 Å². The largest absolute Gasteiger partial charge is 0.341 e. The minimum Gasteiger partial charge on any atom is -0.218 e. The Kier molecular flexibility index (Phi) is 4.60. The third kappa shape index (κ3) is 3.60. The zero-order chi connectivity index (χ0) is 15.5. The van der Waals surface area contributed by atoms with Gasteiger partial charge in [0.25, 0.3) is 0 Å². The van der Waals surface area contributed by atoms with Gasteiger partial charge < -0.3 is 0 Å². The Morgan fingerprint density at radius 2 is 1.71 bits per heavy atom. The fourth-order valence-electron chi connectivity index (χ4n) is 1.57. The molecule has 21 heavy (non-hydrogen) atoms. The zero-order valence-corrected chi connectivity index (χ0v) is 12.2. The predicted octanol–water partition coefficient (Wildman–Crippen LogP) is 3.71. The summed E-state index contributed by atoms with van der Waals surface area (Å²) in [6.45, 7) is 0. The fraction of sp³-hybridized carbons (Fsp3) is 0.0714. The second-order valence-electron chi connectivity index (χ2n) is 4.02. The maximum Gasteiger partial charge on any atom is 0.341 e. The van der Waals surface area contributed by atoms with Gasteiger partial charge in [-0.1, -0.05) is 17.8 Å². The lowest BCUT2D eigenvalue weighted by Gasteiger charge is -2.05. The van der Waals surface area contributed by atoms with Gasteiger partial charge in [-0.15, -0.1) is 0 Å². The van der Waals surface area contributed by atoms with E-state index in [2.05, 4.69) is 0 Å². The molecule has 0 radical (unpaired) electrons. The summed E-state index contributed by atoms with van der Waals surface area (Å²) < 4.78 is 47.4. The van der Waals surface area contributed by atoms with Gasteiger partial charge in [0.05, 0.1) is 16.5 Å². The van der Waals surface area contributed by atoms with E-state index in [1.54, 1.807) is 24.3 Å². The van der Waals surface area contributed by atoms with Gasteiger partial charge in [0.1, 0.15) is 0 Å². The van der Waals surface area contributed by atoms with Crippen LogP contribution in [0.1, 0.15) is 5.56 Å². The SMILES string of the molecule is N#Cc1cccc(Sc2ccc(S(=O)(=O)C(F)F)cc2)c1. The summed E-state index contributed by atoms with van der Waals surface area (Å²) >= 11 is 1.31. The maximum absolute atomic E-state index is 12.4. The van der Waals surface area contributed by atoms with Crippen LogP contribution in [-0.4, -0.2) is 14.2 Å². The summed E-state index contributed by atoms with van der Waals surface area (Å²) in [5.41, 5.74) is 0.511. The van der Waals surface area contributed by atoms with Crippen LogP contribution in [0, 0.1) is 11.3 Å². The van der Waals surface area contributed by atoms with E-state index in [4.69, 9.17) is 5.26 Å². The number of nitrogens with zero attached hydrogens (tertiary/aromatic N) is 1. The second-order valence-corrected chi connectivity index (χ2v) is 7.08. The smallest absolute Gasteiger partial charge is 0.218 e. The highest BCUT2D eigenvalue weighted by Gasteiger charge is 2.26. The van der Waals surface area contributed by atoms with Crippen molar-refractivity contribution in [1.29, 1.82) is 5.26 Å². The van der Waals surface area contributed by atoms with Crippen molar-refractivity contribution in [3.63, 3.8) is 0 Å². The highest BCUT2D eigenvalue weighted by molar-refractivity contribution is 7.99. The Hall–Kier alpha value is -1.91. The zero-order valence-electron chi connectivity index (χ0n) is 10.5. The van der Waals surface area contributed by atoms with E-state index in [0.29, 0.717) is 10.5 Å². The van der Waals surface area contributed by atoms with E-state index in [1.165, 1.54) is 23.9 Å². The molecule has 0 heterocycles. The quantitative estimate of drug-likeness (QED) is 0.860. The summed E-state index contributed by atoms with van der Waals surface area (Å²) in [6, 6.07) is 14.1. The van der Waals surface area contributed by atoms with Crippen LogP contribution in [0.5, 0.6) is 0 Å². The van der Waals surface area contributed by atoms with Crippen LogP contribution < -0.4 is 0 Å². The molecular formula is C14H9F2NO2S2. The number of nitriles is 1. The first kappa shape index (κ1) is 15.5. The molecule has 7 heteroatoms. The molecule has 2 aromatic rings. The highest BCUT2D eigenvalue weighted by Crippen LogP contribution is 2.29. The molecule has 0 aliphatic carbocycles. The monoisotopic (exact) mass is 325 g/mol. The normalized spacial score (nSPS) is 11.3. The van der Waals surface area contributed by atoms with Crippen LogP contribution in [0.25, 0.3) is 0 Å². The highest BCUT2D eigenvalue weighted by atomic mass is 32.2. The van der Waals surface area contributed by atoms with Gasteiger partial charge in [-0.2, -0.15) is 14.0 Å². The van der Waals surface area contributed by atoms with Gasteiger partial charge in [-0.05, 0) is 42.5 Å². The minimum absolute atomic E-state index is 0.410. The summed E-state index contributed by atoms with van der Waals surface area (Å²) in [5.74, 6) is -3.43. The van der Waals surface area contributed by atoms with E-state index in [9.17, 15) is 17.2 Å². The van der Waals surface area contributed by atoms with Crippen molar-refractivity contribution in [1.82, 2.24) is 0 Å². The van der Waals surface area contributed by atoms with Crippen LogP contribution in [0.4, 0.5) is 8.78 Å². The molecule has 0 aromatic heterocycles. The average Bonchev–Trinajstić information content (AvgIpc) is 2.48. The van der Waals surface area contributed by atoms with Crippen molar-refractivity contribution in [2.45, 2.75) is 20.4 Å². The molecule has 108 valence electrons. The number of hydrogen-bond donors (Lipinski definition) is 0. The molecular weight excluding hydrogens is 316 g/mol. The average molecular weight is 325 g/mol. The molecule has 0 spiro atoms. The molecule has 0 saturated heterocycles. The number of alkyl halides is 2. The molecule has 0 atom stereocenters. The van der Waals surface area contributed by atoms with E-state index in [0.717, 1.165) is 17.0 Å². The topological polar surface area (TPSA) is 57.9 Å². The van der Waals surface area contributed by atoms with Crippen LogP contribution >= 0.6 is 11.8 Å². The number of hydrogen-bond acceptors (Lipinski definition) is 4. The number of benzene rings is 2. The van der Waals surface area contributed by atoms with Gasteiger partial charge in [0.15, 0.2) is 0 Å². The second kappa shape index (κ2) is 6.24. The van der Waals surface area contributed by atoms with Gasteiger partial charge in [-0.3, -0.25) is 0 Å². The van der Waals surface area contributed by atoms with Crippen LogP contribution in [0.15, 0.2) is 63.2 Å². The first-order chi connectivity index (χ1) is 9.93. The standard InChI is InChI=1S/C14H9F2NO2S2/c15-14(16)21(18,19)13-6-4-11(5-7-13)20-12-3-1-2-10(8-12)9-17/h1-8,14H. The third-order valence-electron chi connectivity index (χ3n) is 2.59. The molecule has 0 amide bonds. The van der Waals surface area contributed by atoms with E-state index < -0.39 is 20.5 Å². The first-order valence-corrected chi connectivity index (χ1v) is 8.10. The molecule has 0 fully saturated rings. The van der Waals surface area contributed by atoms with Crippen molar-refractivity contribution in [2.75, 3.05) is 0 Å². The van der Waals surface area contributed by atoms with E-state index in [-0.39, 0.29) is 0 Å². The van der Waals surface area contributed by atoms with Crippen molar-refractivity contribution in [3.05, 3.63) is 54.1 Å². The number of halogens is 2. The molecule has 0 aliphatic heterocycles. The Morgan fingerprint density at radius 3 is 2.29 bits per heavy atom. The Bertz CT molecular complexity index is 781. The molecule has 0 saturated carbocycles. The van der Waals surface area contributed by atoms with E-state index in [1.807, 2.05) is 6.07 Å². The summed E-state index contributed by atoms with van der Waals surface area (Å²) in [6.07, 6.45) is 0. The first-order valence-electron chi connectivity index (χ1n) is 5.73.